The van der Waals surface area contributed by atoms with Crippen molar-refractivity contribution < 1.29 is 4.92 Å². The molecule has 1 rings (SSSR count). The van der Waals surface area contributed by atoms with Crippen molar-refractivity contribution in [1.82, 2.24) is 0 Å². The van der Waals surface area contributed by atoms with E-state index in [9.17, 15) is 10.1 Å². The van der Waals surface area contributed by atoms with Gasteiger partial charge in [-0.3, -0.25) is 10.1 Å². The van der Waals surface area contributed by atoms with Gasteiger partial charge in [0.1, 0.15) is 0 Å². The average molecular weight is 264 g/mol. The van der Waals surface area contributed by atoms with E-state index in [2.05, 4.69) is 0 Å². The Bertz CT molecular complexity index is 280. The molecule has 0 atom stereocenters. The molecule has 0 saturated carbocycles. The second-order valence-corrected chi connectivity index (χ2v) is 3.25. The summed E-state index contributed by atoms with van der Waals surface area (Å²) in [6, 6.07) is 4.48. The van der Waals surface area contributed by atoms with Gasteiger partial charge in [0, 0.05) is 21.4 Å². The Balaban J connectivity index is 3.19. The van der Waals surface area contributed by atoms with Crippen LogP contribution in [-0.4, -0.2) is 4.92 Å². The van der Waals surface area contributed by atoms with Gasteiger partial charge in [-0.2, -0.15) is 0 Å². The van der Waals surface area contributed by atoms with Gasteiger partial charge in [-0.25, -0.2) is 0 Å². The van der Waals surface area contributed by atoms with Gasteiger partial charge in [-0.1, -0.05) is 0 Å². The zero-order valence-corrected chi connectivity index (χ0v) is 7.61. The number of nitrogens with two attached hydrogens (primary N) is 1. The van der Waals surface area contributed by atoms with E-state index < -0.39 is 4.92 Å². The molecule has 11 heavy (non-hydrogen) atoms. The molecule has 0 fully saturated rings. The van der Waals surface area contributed by atoms with Crippen LogP contribution in [0.4, 0.5) is 11.4 Å². The summed E-state index contributed by atoms with van der Waals surface area (Å²) >= 11 is 1.98. The number of non-ortho nitro benzene ring substituents is 1. The van der Waals surface area contributed by atoms with Crippen LogP contribution in [0.3, 0.4) is 0 Å². The van der Waals surface area contributed by atoms with Gasteiger partial charge in [0.2, 0.25) is 0 Å². The summed E-state index contributed by atoms with van der Waals surface area (Å²) in [5.41, 5.74) is 5.84. The van der Waals surface area contributed by atoms with Crippen LogP contribution in [0.1, 0.15) is 0 Å². The van der Waals surface area contributed by atoms with Gasteiger partial charge in [0.25, 0.3) is 5.69 Å². The summed E-state index contributed by atoms with van der Waals surface area (Å²) in [5.74, 6) is 0. The molecule has 0 spiro atoms. The number of nitrogens with zero attached hydrogens (tertiary/aromatic N) is 1. The lowest BCUT2D eigenvalue weighted by molar-refractivity contribution is -0.384. The summed E-state index contributed by atoms with van der Waals surface area (Å²) in [5, 5.41) is 10.3. The monoisotopic (exact) mass is 264 g/mol. The van der Waals surface area contributed by atoms with Crippen molar-refractivity contribution in [1.29, 1.82) is 0 Å². The standard InChI is InChI=1S/C6H5IN2O2/c7-4-1-5(8)3-6(2-4)9(10)11/h1-3H,8H2. The molecule has 1 aromatic carbocycles. The Morgan fingerprint density at radius 3 is 2.55 bits per heavy atom. The second-order valence-electron chi connectivity index (χ2n) is 2.00. The molecule has 4 nitrogen and oxygen atoms in total. The van der Waals surface area contributed by atoms with Crippen LogP contribution in [-0.2, 0) is 0 Å². The number of nitro groups is 1. The fraction of sp³-hybridized carbons (Fsp3) is 0. The lowest BCUT2D eigenvalue weighted by Gasteiger charge is -1.94. The first-order valence-corrected chi connectivity index (χ1v) is 3.88. The molecule has 0 aliphatic carbocycles. The lowest BCUT2D eigenvalue weighted by Crippen LogP contribution is -1.91. The van der Waals surface area contributed by atoms with Gasteiger partial charge in [-0.05, 0) is 28.7 Å². The zero-order valence-electron chi connectivity index (χ0n) is 5.45. The predicted molar refractivity (Wildman–Crippen MR) is 50.2 cm³/mol. The number of rotatable bonds is 1. The normalized spacial score (nSPS) is 9.55. The van der Waals surface area contributed by atoms with Gasteiger partial charge < -0.3 is 5.73 Å². The van der Waals surface area contributed by atoms with E-state index in [-0.39, 0.29) is 5.69 Å². The average Bonchev–Trinajstić information content (AvgIpc) is 1.85. The Hall–Kier alpha value is -0.850. The summed E-state index contributed by atoms with van der Waals surface area (Å²) in [6.45, 7) is 0. The van der Waals surface area contributed by atoms with E-state index in [4.69, 9.17) is 5.73 Å². The summed E-state index contributed by atoms with van der Waals surface area (Å²) in [7, 11) is 0. The zero-order chi connectivity index (χ0) is 8.43. The van der Waals surface area contributed by atoms with Gasteiger partial charge in [0.05, 0.1) is 4.92 Å². The summed E-state index contributed by atoms with van der Waals surface area (Å²) in [6.07, 6.45) is 0. The number of nitro benzene ring substituents is 1. The van der Waals surface area contributed by atoms with Gasteiger partial charge in [0.15, 0.2) is 0 Å². The van der Waals surface area contributed by atoms with Crippen LogP contribution in [0.25, 0.3) is 0 Å². The molecule has 1 aromatic rings. The van der Waals surface area contributed by atoms with Crippen LogP contribution < -0.4 is 5.73 Å². The van der Waals surface area contributed by atoms with E-state index in [1.807, 2.05) is 22.6 Å². The van der Waals surface area contributed by atoms with Crippen LogP contribution in [0.15, 0.2) is 18.2 Å². The number of benzene rings is 1. The molecule has 0 aromatic heterocycles. The first kappa shape index (κ1) is 8.25. The predicted octanol–water partition coefficient (Wildman–Crippen LogP) is 1.78. The van der Waals surface area contributed by atoms with Crippen molar-refractivity contribution >= 4 is 34.0 Å². The lowest BCUT2D eigenvalue weighted by atomic mass is 10.3. The van der Waals surface area contributed by atoms with Crippen molar-refractivity contribution in [2.75, 3.05) is 5.73 Å². The largest absolute Gasteiger partial charge is 0.398 e. The smallest absolute Gasteiger partial charge is 0.272 e. The minimum atomic E-state index is -0.460. The molecule has 0 aliphatic rings. The minimum absolute atomic E-state index is 0.0365. The number of halogens is 1. The fourth-order valence-electron chi connectivity index (χ4n) is 0.702. The third kappa shape index (κ3) is 2.04. The maximum absolute atomic E-state index is 10.3. The second kappa shape index (κ2) is 3.04. The number of anilines is 1. The molecule has 0 saturated heterocycles. The van der Waals surface area contributed by atoms with Crippen LogP contribution in [0.2, 0.25) is 0 Å². The Kier molecular flexibility index (Phi) is 2.28. The molecule has 58 valence electrons. The maximum Gasteiger partial charge on any atom is 0.272 e. The SMILES string of the molecule is Nc1cc(I)cc([N+](=O)[O-])c1. The molecule has 0 amide bonds. The third-order valence-corrected chi connectivity index (χ3v) is 1.74. The molecular weight excluding hydrogens is 259 g/mol. The van der Waals surface area contributed by atoms with Crippen LogP contribution >= 0.6 is 22.6 Å². The quantitative estimate of drug-likeness (QED) is 0.364. The van der Waals surface area contributed by atoms with Crippen LogP contribution in [0, 0.1) is 13.7 Å². The van der Waals surface area contributed by atoms with E-state index in [0.29, 0.717) is 5.69 Å². The first-order valence-electron chi connectivity index (χ1n) is 2.80. The van der Waals surface area contributed by atoms with Crippen molar-refractivity contribution in [3.63, 3.8) is 0 Å². The highest BCUT2D eigenvalue weighted by Crippen LogP contribution is 2.19. The number of nitrogen functional groups attached to an aromatic ring is 1. The van der Waals surface area contributed by atoms with Gasteiger partial charge >= 0.3 is 0 Å². The molecule has 2 N–H and O–H groups in total. The van der Waals surface area contributed by atoms with Crippen molar-refractivity contribution in [2.24, 2.45) is 0 Å². The molecule has 5 heteroatoms. The maximum atomic E-state index is 10.3. The van der Waals surface area contributed by atoms with Crippen LogP contribution in [0.5, 0.6) is 0 Å². The number of hydrogen-bond acceptors (Lipinski definition) is 3. The van der Waals surface area contributed by atoms with E-state index >= 15 is 0 Å². The fourth-order valence-corrected chi connectivity index (χ4v) is 1.38. The highest BCUT2D eigenvalue weighted by Gasteiger charge is 2.05. The van der Waals surface area contributed by atoms with Crippen molar-refractivity contribution in [3.8, 4) is 0 Å². The topological polar surface area (TPSA) is 69.2 Å². The molecule has 0 aliphatic heterocycles. The Labute approximate surface area is 76.7 Å². The first-order chi connectivity index (χ1) is 5.09. The van der Waals surface area contributed by atoms with E-state index in [1.54, 1.807) is 6.07 Å². The molecule has 0 bridgehead atoms. The minimum Gasteiger partial charge on any atom is -0.398 e. The molecule has 0 heterocycles. The van der Waals surface area contributed by atoms with Crippen molar-refractivity contribution in [2.45, 2.75) is 0 Å². The summed E-state index contributed by atoms with van der Waals surface area (Å²) in [4.78, 5) is 9.79. The molecule has 0 unspecified atom stereocenters. The Morgan fingerprint density at radius 2 is 2.09 bits per heavy atom. The van der Waals surface area contributed by atoms with E-state index in [0.717, 1.165) is 3.57 Å². The Morgan fingerprint density at radius 1 is 1.45 bits per heavy atom. The molecule has 0 radical (unpaired) electrons. The van der Waals surface area contributed by atoms with E-state index in [1.165, 1.54) is 12.1 Å². The highest BCUT2D eigenvalue weighted by atomic mass is 127. The highest BCUT2D eigenvalue weighted by molar-refractivity contribution is 14.1. The molecular formula is C6H5IN2O2. The van der Waals surface area contributed by atoms with Crippen molar-refractivity contribution in [3.05, 3.63) is 31.9 Å². The van der Waals surface area contributed by atoms with Gasteiger partial charge in [-0.15, -0.1) is 0 Å². The number of hydrogen-bond donors (Lipinski definition) is 1. The third-order valence-electron chi connectivity index (χ3n) is 1.12. The summed E-state index contributed by atoms with van der Waals surface area (Å²) < 4.78 is 0.773.